The number of methoxy groups -OCH3 is 9. The molecule has 2 spiro atoms. The lowest BCUT2D eigenvalue weighted by molar-refractivity contribution is -0.192. The standard InChI is InChI=1S/C19H26N2O6.C15H16N2O5.C13H14N2O3.C8H6Br2N2O2.C8H8N2O2.C8H8N2O.CO2/c1-5-8-19(9-6-15(22)26-3)14-11-13(25-2)12-20-17(14)21(18(19)24)10-7-16(23)27-4;1-21-8-5-10-12(16-7-8)17-14(20)15(10)4-3-11(18)9(6-15)13(19)22-2;1-18-9-6-10-11(14-7-9)15-12(17)13(10)4-2-8(16)3-5-13;1-14-4-2-5-6(11-3-4)12-7(13)8(5,9)10;1-12-6-2-5-3-7(11)10-8(5)9-4-6;1-11-7-4-6-2-3-9-8(6)10-5-7;2-1-3/h11-12H,5-10H2,1-4H3;5,7,9H,3-4,6H2,1-2H3,(H,16,17,20);6-7H,2-5H2,1H3,(H,14,15,17);2-3H,1H3,(H,11,12,13);2,4H,3H2,1H3,(H,9,10,11);2-5H,1H3,(H,9,10);. The van der Waals surface area contributed by atoms with Gasteiger partial charge in [-0.1, -0.05) is 45.2 Å². The highest BCUT2D eigenvalue weighted by molar-refractivity contribution is 9.25. The fraction of sp³-hybridized carbons (Fsp3) is 0.403. The molecule has 35 heteroatoms. The SMILES string of the molecule is CCCC1(CCC(=O)OC)C(=O)N(CCC(=O)OC)c2ncc(OC)cc21.COC(=O)C1CC2(CCC1=O)C(=O)Nc1ncc(OC)cc12.COc1cnc2[nH]ccc2c1.COc1cnc2c(c1)C(Br)(Br)C(=O)N2.COc1cnc2c(c1)C1(CCC(=O)CC1)C(=O)N2.COc1cnc2c(c1)CC(=O)N2.O=C=O. The Morgan fingerprint density at radius 2 is 1.01 bits per heavy atom. The third-order valence-corrected chi connectivity index (χ3v) is 20.3. The van der Waals surface area contributed by atoms with Gasteiger partial charge < -0.3 is 68.9 Å². The molecule has 2 saturated carbocycles. The number of halogens is 2. The second-order valence-electron chi connectivity index (χ2n) is 24.6. The molecule has 7 aromatic rings. The van der Waals surface area contributed by atoms with Gasteiger partial charge in [0.1, 0.15) is 86.7 Å². The number of ketones is 2. The van der Waals surface area contributed by atoms with Crippen LogP contribution in [0, 0.1) is 5.92 Å². The number of carbonyl (C=O) groups is 10. The van der Waals surface area contributed by atoms with Crippen molar-refractivity contribution in [2.75, 3.05) is 96.7 Å². The fourth-order valence-corrected chi connectivity index (χ4v) is 13.9. The number of fused-ring (bicyclic) bond motifs is 8. The number of nitrogens with zero attached hydrogens (tertiary/aromatic N) is 7. The van der Waals surface area contributed by atoms with E-state index in [4.69, 9.17) is 47.5 Å². The zero-order valence-electron chi connectivity index (χ0n) is 60.0. The monoisotopic (exact) mass is 1600 g/mol. The van der Waals surface area contributed by atoms with Crippen molar-refractivity contribution >= 4 is 137 Å². The molecule has 5 amide bonds. The van der Waals surface area contributed by atoms with Gasteiger partial charge in [-0.25, -0.2) is 29.9 Å². The lowest BCUT2D eigenvalue weighted by atomic mass is 9.66. The molecule has 7 aliphatic rings. The van der Waals surface area contributed by atoms with E-state index in [-0.39, 0.29) is 85.5 Å². The van der Waals surface area contributed by atoms with E-state index in [0.29, 0.717) is 115 Å². The van der Waals surface area contributed by atoms with Crippen LogP contribution in [-0.4, -0.2) is 171 Å². The third-order valence-electron chi connectivity index (χ3n) is 18.7. The second kappa shape index (κ2) is 36.1. The summed E-state index contributed by atoms with van der Waals surface area (Å²) in [5.41, 5.74) is 2.40. The van der Waals surface area contributed by atoms with Crippen molar-refractivity contribution in [2.45, 2.75) is 110 Å². The molecule has 7 aromatic heterocycles. The Hall–Kier alpha value is -11.3. The van der Waals surface area contributed by atoms with E-state index in [1.54, 1.807) is 77.6 Å². The molecule has 0 bridgehead atoms. The summed E-state index contributed by atoms with van der Waals surface area (Å²) in [6.45, 7) is 2.15. The largest absolute Gasteiger partial charge is 0.495 e. The first-order chi connectivity index (χ1) is 51.3. The minimum atomic E-state index is -0.927. The quantitative estimate of drug-likeness (QED) is 0.0283. The number of hydrogen-bond acceptors (Lipinski definition) is 27. The van der Waals surface area contributed by atoms with E-state index in [9.17, 15) is 47.9 Å². The Labute approximate surface area is 629 Å². The van der Waals surface area contributed by atoms with Crippen LogP contribution in [0.25, 0.3) is 11.0 Å². The topological polar surface area (TPSA) is 432 Å². The molecule has 14 rings (SSSR count). The van der Waals surface area contributed by atoms with E-state index in [1.165, 1.54) is 46.6 Å². The summed E-state index contributed by atoms with van der Waals surface area (Å²) in [4.78, 5) is 165. The number of rotatable bonds is 15. The number of Topliss-reactive ketones (excluding diaryl/α,β-unsaturated/α-hetero) is 2. The number of amides is 5. The molecule has 5 N–H and O–H groups in total. The van der Waals surface area contributed by atoms with Crippen LogP contribution in [0.1, 0.15) is 112 Å². The number of carbonyl (C=O) groups excluding carboxylic acids is 12. The lowest BCUT2D eigenvalue weighted by Crippen LogP contribution is -2.45. The summed E-state index contributed by atoms with van der Waals surface area (Å²) >= 11 is 6.56. The van der Waals surface area contributed by atoms with E-state index >= 15 is 0 Å². The van der Waals surface area contributed by atoms with Crippen LogP contribution < -0.4 is 54.6 Å². The highest BCUT2D eigenvalue weighted by Gasteiger charge is 2.55. The number of H-pyrrole nitrogens is 1. The first-order valence-corrected chi connectivity index (χ1v) is 34.7. The van der Waals surface area contributed by atoms with Crippen molar-refractivity contribution in [3.63, 3.8) is 0 Å². The van der Waals surface area contributed by atoms with E-state index in [0.717, 1.165) is 45.5 Å². The summed E-state index contributed by atoms with van der Waals surface area (Å²) in [5.74, 6) is 3.71. The Bertz CT molecular complexity index is 4550. The molecule has 0 radical (unpaired) electrons. The number of hydrogen-bond donors (Lipinski definition) is 5. The minimum absolute atomic E-state index is 0.00856. The fourth-order valence-electron chi connectivity index (χ4n) is 13.1. The molecule has 2 aliphatic carbocycles. The number of anilines is 5. The van der Waals surface area contributed by atoms with Crippen molar-refractivity contribution in [3.05, 3.63) is 114 Å². The third kappa shape index (κ3) is 18.0. The molecule has 5 aliphatic heterocycles. The average Bonchev–Trinajstić information content (AvgIpc) is 0.963. The van der Waals surface area contributed by atoms with E-state index in [1.807, 2.05) is 37.4 Å². The molecule has 12 heterocycles. The van der Waals surface area contributed by atoms with Crippen molar-refractivity contribution in [1.82, 2.24) is 34.9 Å². The van der Waals surface area contributed by atoms with Crippen LogP contribution in [0.2, 0.25) is 0 Å². The first-order valence-electron chi connectivity index (χ1n) is 33.1. The Balaban J connectivity index is 0.000000165. The van der Waals surface area contributed by atoms with Crippen LogP contribution in [0.3, 0.4) is 0 Å². The number of pyridine rings is 6. The van der Waals surface area contributed by atoms with Gasteiger partial charge in [0.15, 0.2) is 3.23 Å². The molecule has 3 atom stereocenters. The van der Waals surface area contributed by atoms with Crippen LogP contribution in [0.4, 0.5) is 29.1 Å². The van der Waals surface area contributed by atoms with Crippen LogP contribution in [0.5, 0.6) is 34.5 Å². The first kappa shape index (κ1) is 81.4. The number of aromatic amines is 1. The number of nitrogens with one attached hydrogen (secondary N) is 5. The van der Waals surface area contributed by atoms with Crippen LogP contribution in [-0.2, 0) is 97.6 Å². The van der Waals surface area contributed by atoms with Gasteiger partial charge in [-0.2, -0.15) is 9.59 Å². The number of ether oxygens (including phenoxy) is 9. The molecule has 3 unspecified atom stereocenters. The van der Waals surface area contributed by atoms with Gasteiger partial charge in [0, 0.05) is 71.6 Å². The maximum absolute atomic E-state index is 13.4. The number of esters is 3. The summed E-state index contributed by atoms with van der Waals surface area (Å²) in [5, 5.41) is 11.9. The maximum atomic E-state index is 13.4. The van der Waals surface area contributed by atoms with Crippen molar-refractivity contribution in [2.24, 2.45) is 5.92 Å². The molecular formula is C72H78Br2N12O21. The normalized spacial score (nSPS) is 18.5. The molecule has 566 valence electrons. The van der Waals surface area contributed by atoms with Crippen molar-refractivity contribution in [1.29, 1.82) is 0 Å². The molecule has 0 saturated heterocycles. The minimum Gasteiger partial charge on any atom is -0.495 e. The average molecular weight is 1610 g/mol. The Kier molecular flexibility index (Phi) is 27.5. The predicted molar refractivity (Wildman–Crippen MR) is 387 cm³/mol. The Morgan fingerprint density at radius 1 is 0.542 bits per heavy atom. The number of alkyl halides is 2. The second-order valence-corrected chi connectivity index (χ2v) is 28.1. The number of aromatic nitrogens is 7. The van der Waals surface area contributed by atoms with Crippen molar-refractivity contribution in [3.8, 4) is 34.5 Å². The molecule has 33 nitrogen and oxygen atoms in total. The van der Waals surface area contributed by atoms with Crippen LogP contribution >= 0.6 is 31.9 Å². The zero-order valence-corrected chi connectivity index (χ0v) is 63.2. The maximum Gasteiger partial charge on any atom is 0.373 e. The van der Waals surface area contributed by atoms with Gasteiger partial charge in [-0.15, -0.1) is 0 Å². The van der Waals surface area contributed by atoms with E-state index in [2.05, 4.69) is 92.8 Å². The summed E-state index contributed by atoms with van der Waals surface area (Å²) in [6, 6.07) is 12.9. The van der Waals surface area contributed by atoms with E-state index < -0.39 is 37.3 Å². The lowest BCUT2D eigenvalue weighted by Gasteiger charge is -2.34. The molecule has 107 heavy (non-hydrogen) atoms. The van der Waals surface area contributed by atoms with Crippen molar-refractivity contribution < 1.29 is 100 Å². The van der Waals surface area contributed by atoms with Gasteiger partial charge in [-0.3, -0.25) is 52.8 Å². The predicted octanol–water partition coefficient (Wildman–Crippen LogP) is 7.79. The van der Waals surface area contributed by atoms with Gasteiger partial charge in [0.05, 0.1) is 130 Å². The zero-order chi connectivity index (χ0) is 78.0. The van der Waals surface area contributed by atoms with Gasteiger partial charge in [0.2, 0.25) is 23.6 Å². The Morgan fingerprint density at radius 3 is 1.56 bits per heavy atom. The van der Waals surface area contributed by atoms with Crippen LogP contribution in [0.15, 0.2) is 85.8 Å². The summed E-state index contributed by atoms with van der Waals surface area (Å²) < 4.78 is 43.9. The van der Waals surface area contributed by atoms with Gasteiger partial charge in [-0.05, 0) is 81.0 Å². The van der Waals surface area contributed by atoms with Gasteiger partial charge >= 0.3 is 24.1 Å². The summed E-state index contributed by atoms with van der Waals surface area (Å²) in [7, 11) is 13.3. The summed E-state index contributed by atoms with van der Waals surface area (Å²) in [6.07, 6.45) is 16.5. The highest BCUT2D eigenvalue weighted by atomic mass is 79.9. The molecule has 0 aromatic carbocycles. The smallest absolute Gasteiger partial charge is 0.373 e. The highest BCUT2D eigenvalue weighted by Crippen LogP contribution is 2.52. The molecular weight excluding hydrogens is 1530 g/mol. The van der Waals surface area contributed by atoms with Gasteiger partial charge in [0.25, 0.3) is 5.91 Å². The molecule has 2 fully saturated rings.